The summed E-state index contributed by atoms with van der Waals surface area (Å²) in [7, 11) is 0. The number of aliphatic imine (C=N–C) groups is 1. The predicted octanol–water partition coefficient (Wildman–Crippen LogP) is 3.09. The third kappa shape index (κ3) is 5.25. The Morgan fingerprint density at radius 3 is 2.93 bits per heavy atom. The van der Waals surface area contributed by atoms with Crippen molar-refractivity contribution in [3.8, 4) is 5.88 Å². The molecule has 1 fully saturated rings. The van der Waals surface area contributed by atoms with Gasteiger partial charge < -0.3 is 15.4 Å². The van der Waals surface area contributed by atoms with Gasteiger partial charge in [0.25, 0.3) is 0 Å². The Kier molecular flexibility index (Phi) is 6.74. The molecule has 3 aromatic heterocycles. The zero-order valence-electron chi connectivity index (χ0n) is 17.4. The molecule has 0 radical (unpaired) electrons. The maximum Gasteiger partial charge on any atom is 0.213 e. The fraction of sp³-hybridized carbons (Fsp3) is 0.455. The third-order valence-corrected chi connectivity index (χ3v) is 5.20. The van der Waals surface area contributed by atoms with Crippen LogP contribution in [0.5, 0.6) is 5.88 Å². The third-order valence-electron chi connectivity index (χ3n) is 5.20. The summed E-state index contributed by atoms with van der Waals surface area (Å²) in [4.78, 5) is 9.08. The van der Waals surface area contributed by atoms with Gasteiger partial charge in [0.05, 0.1) is 13.1 Å². The molecule has 0 unspecified atom stereocenters. The number of hydrogen-bond donors (Lipinski definition) is 2. The fourth-order valence-corrected chi connectivity index (χ4v) is 3.65. The molecule has 30 heavy (non-hydrogen) atoms. The number of ether oxygens (including phenoxy) is 1. The van der Waals surface area contributed by atoms with Crippen LogP contribution in [0.1, 0.15) is 50.4 Å². The number of pyridine rings is 2. The van der Waals surface area contributed by atoms with Crippen LogP contribution in [0, 0.1) is 0 Å². The lowest BCUT2D eigenvalue weighted by molar-refractivity contribution is 0.148. The number of fused-ring (bicyclic) bond motifs is 1. The van der Waals surface area contributed by atoms with E-state index in [1.807, 2.05) is 47.9 Å². The van der Waals surface area contributed by atoms with Gasteiger partial charge in [-0.3, -0.25) is 4.40 Å². The van der Waals surface area contributed by atoms with Gasteiger partial charge in [0.15, 0.2) is 17.4 Å². The summed E-state index contributed by atoms with van der Waals surface area (Å²) in [6.07, 6.45) is 10.1. The van der Waals surface area contributed by atoms with Crippen molar-refractivity contribution in [2.45, 2.75) is 58.2 Å². The SMILES string of the molecule is CCNC(=NCc1ccnc(OC2CCCCC2)c1)NCc1nnc2ccccn12. The summed E-state index contributed by atoms with van der Waals surface area (Å²) in [6.45, 7) is 3.90. The summed E-state index contributed by atoms with van der Waals surface area (Å²) in [5.41, 5.74) is 1.90. The van der Waals surface area contributed by atoms with Gasteiger partial charge in [0.1, 0.15) is 6.10 Å². The van der Waals surface area contributed by atoms with Gasteiger partial charge in [-0.1, -0.05) is 12.5 Å². The number of rotatable bonds is 7. The normalized spacial score (nSPS) is 15.3. The molecule has 1 aliphatic rings. The Hall–Kier alpha value is -3.16. The Morgan fingerprint density at radius 2 is 2.07 bits per heavy atom. The van der Waals surface area contributed by atoms with Gasteiger partial charge >= 0.3 is 0 Å². The molecule has 2 N–H and O–H groups in total. The molecule has 0 aliphatic heterocycles. The average molecular weight is 408 g/mol. The standard InChI is InChI=1S/C22H29N7O/c1-2-23-22(26-16-20-28-27-19-10-6-7-13-29(19)20)25-15-17-11-12-24-21(14-17)30-18-8-4-3-5-9-18/h6-7,10-14,18H,2-5,8-9,15-16H2,1H3,(H2,23,25,26). The number of nitrogens with zero attached hydrogens (tertiary/aromatic N) is 5. The molecule has 3 heterocycles. The number of aromatic nitrogens is 4. The fourth-order valence-electron chi connectivity index (χ4n) is 3.65. The molecule has 0 saturated heterocycles. The van der Waals surface area contributed by atoms with Crippen molar-refractivity contribution < 1.29 is 4.74 Å². The highest BCUT2D eigenvalue weighted by atomic mass is 16.5. The number of guanidine groups is 1. The van der Waals surface area contributed by atoms with Crippen LogP contribution in [0.15, 0.2) is 47.7 Å². The predicted molar refractivity (Wildman–Crippen MR) is 116 cm³/mol. The summed E-state index contributed by atoms with van der Waals surface area (Å²) in [5, 5.41) is 15.1. The Balaban J connectivity index is 1.38. The Morgan fingerprint density at radius 1 is 1.17 bits per heavy atom. The Labute approximate surface area is 176 Å². The minimum atomic E-state index is 0.293. The lowest BCUT2D eigenvalue weighted by Crippen LogP contribution is -2.37. The van der Waals surface area contributed by atoms with Gasteiger partial charge in [0.2, 0.25) is 5.88 Å². The lowest BCUT2D eigenvalue weighted by Gasteiger charge is -2.22. The van der Waals surface area contributed by atoms with Crippen molar-refractivity contribution in [1.82, 2.24) is 30.2 Å². The minimum Gasteiger partial charge on any atom is -0.474 e. The zero-order valence-corrected chi connectivity index (χ0v) is 17.4. The van der Waals surface area contributed by atoms with E-state index >= 15 is 0 Å². The van der Waals surface area contributed by atoms with Crippen LogP contribution in [0.3, 0.4) is 0 Å². The topological polar surface area (TPSA) is 88.7 Å². The largest absolute Gasteiger partial charge is 0.474 e. The van der Waals surface area contributed by atoms with E-state index in [4.69, 9.17) is 9.73 Å². The zero-order chi connectivity index (χ0) is 20.6. The monoisotopic (exact) mass is 407 g/mol. The van der Waals surface area contributed by atoms with Crippen LogP contribution in [-0.2, 0) is 13.1 Å². The van der Waals surface area contributed by atoms with E-state index in [1.165, 1.54) is 19.3 Å². The molecule has 3 aromatic rings. The van der Waals surface area contributed by atoms with E-state index in [1.54, 1.807) is 6.20 Å². The highest BCUT2D eigenvalue weighted by Crippen LogP contribution is 2.22. The van der Waals surface area contributed by atoms with Crippen molar-refractivity contribution in [3.05, 3.63) is 54.1 Å². The summed E-state index contributed by atoms with van der Waals surface area (Å²) in [5.74, 6) is 2.27. The minimum absolute atomic E-state index is 0.293. The second-order valence-corrected chi connectivity index (χ2v) is 7.47. The van der Waals surface area contributed by atoms with Crippen LogP contribution < -0.4 is 15.4 Å². The van der Waals surface area contributed by atoms with Gasteiger partial charge in [-0.2, -0.15) is 0 Å². The van der Waals surface area contributed by atoms with Crippen molar-refractivity contribution >= 4 is 11.6 Å². The molecular weight excluding hydrogens is 378 g/mol. The van der Waals surface area contributed by atoms with Crippen molar-refractivity contribution in [2.24, 2.45) is 4.99 Å². The first-order chi connectivity index (χ1) is 14.8. The second-order valence-electron chi connectivity index (χ2n) is 7.47. The first-order valence-electron chi connectivity index (χ1n) is 10.7. The van der Waals surface area contributed by atoms with E-state index in [0.29, 0.717) is 25.1 Å². The van der Waals surface area contributed by atoms with E-state index < -0.39 is 0 Å². The molecule has 0 aromatic carbocycles. The van der Waals surface area contributed by atoms with Crippen molar-refractivity contribution in [1.29, 1.82) is 0 Å². The molecule has 8 heteroatoms. The van der Waals surface area contributed by atoms with E-state index in [-0.39, 0.29) is 0 Å². The molecule has 158 valence electrons. The molecule has 8 nitrogen and oxygen atoms in total. The van der Waals surface area contributed by atoms with Crippen LogP contribution in [0.25, 0.3) is 5.65 Å². The quantitative estimate of drug-likeness (QED) is 0.462. The molecule has 0 amide bonds. The first-order valence-corrected chi connectivity index (χ1v) is 10.7. The highest BCUT2D eigenvalue weighted by molar-refractivity contribution is 5.79. The Bertz CT molecular complexity index is 978. The van der Waals surface area contributed by atoms with E-state index in [9.17, 15) is 0 Å². The maximum atomic E-state index is 6.08. The maximum absolute atomic E-state index is 6.08. The van der Waals surface area contributed by atoms with E-state index in [0.717, 1.165) is 42.4 Å². The molecule has 0 spiro atoms. The first kappa shape index (κ1) is 20.1. The van der Waals surface area contributed by atoms with Crippen LogP contribution in [0.4, 0.5) is 0 Å². The van der Waals surface area contributed by atoms with Crippen LogP contribution in [-0.4, -0.2) is 38.2 Å². The van der Waals surface area contributed by atoms with Gasteiger partial charge in [-0.05, 0) is 56.4 Å². The summed E-state index contributed by atoms with van der Waals surface area (Å²) < 4.78 is 8.05. The average Bonchev–Trinajstić information content (AvgIpc) is 3.20. The number of hydrogen-bond acceptors (Lipinski definition) is 5. The van der Waals surface area contributed by atoms with Gasteiger partial charge in [-0.15, -0.1) is 10.2 Å². The molecule has 1 saturated carbocycles. The molecule has 0 bridgehead atoms. The van der Waals surface area contributed by atoms with Gasteiger partial charge in [-0.25, -0.2) is 9.98 Å². The van der Waals surface area contributed by atoms with Crippen LogP contribution >= 0.6 is 0 Å². The van der Waals surface area contributed by atoms with Crippen molar-refractivity contribution in [2.75, 3.05) is 6.54 Å². The molecule has 4 rings (SSSR count). The van der Waals surface area contributed by atoms with E-state index in [2.05, 4.69) is 25.8 Å². The summed E-state index contributed by atoms with van der Waals surface area (Å²) >= 11 is 0. The van der Waals surface area contributed by atoms with Crippen LogP contribution in [0.2, 0.25) is 0 Å². The van der Waals surface area contributed by atoms with Crippen molar-refractivity contribution in [3.63, 3.8) is 0 Å². The highest BCUT2D eigenvalue weighted by Gasteiger charge is 2.15. The molecule has 0 atom stereocenters. The smallest absolute Gasteiger partial charge is 0.213 e. The molecular formula is C22H29N7O. The van der Waals surface area contributed by atoms with Gasteiger partial charge in [0, 0.05) is 25.0 Å². The summed E-state index contributed by atoms with van der Waals surface area (Å²) in [6, 6.07) is 9.83. The lowest BCUT2D eigenvalue weighted by atomic mass is 9.98. The number of nitrogens with one attached hydrogen (secondary N) is 2. The molecule has 1 aliphatic carbocycles. The second kappa shape index (κ2) is 10.0.